The number of furan rings is 1. The summed E-state index contributed by atoms with van der Waals surface area (Å²) in [5, 5.41) is 1.07. The molecule has 0 aliphatic carbocycles. The molecule has 21 heavy (non-hydrogen) atoms. The molecule has 102 valence electrons. The molecule has 2 heterocycles. The van der Waals surface area contributed by atoms with E-state index in [0.29, 0.717) is 0 Å². The Kier molecular flexibility index (Phi) is 2.58. The van der Waals surface area contributed by atoms with E-state index in [2.05, 4.69) is 50.2 Å². The predicted octanol–water partition coefficient (Wildman–Crippen LogP) is 5.26. The van der Waals surface area contributed by atoms with Gasteiger partial charge in [-0.1, -0.05) is 42.0 Å². The maximum Gasteiger partial charge on any atom is 0.156 e. The highest BCUT2D eigenvalue weighted by Gasteiger charge is 2.12. The number of aryl methyl sites for hydroxylation is 2. The molecule has 0 fully saturated rings. The zero-order chi connectivity index (χ0) is 14.4. The van der Waals surface area contributed by atoms with Crippen LogP contribution in [-0.2, 0) is 0 Å². The molecule has 4 aromatic rings. The Morgan fingerprint density at radius 2 is 1.67 bits per heavy atom. The van der Waals surface area contributed by atoms with Crippen molar-refractivity contribution in [1.29, 1.82) is 0 Å². The van der Waals surface area contributed by atoms with E-state index < -0.39 is 0 Å². The van der Waals surface area contributed by atoms with E-state index in [1.165, 1.54) is 5.56 Å². The smallest absolute Gasteiger partial charge is 0.156 e. The van der Waals surface area contributed by atoms with Crippen molar-refractivity contribution < 1.29 is 4.42 Å². The van der Waals surface area contributed by atoms with Gasteiger partial charge >= 0.3 is 0 Å². The van der Waals surface area contributed by atoms with Gasteiger partial charge in [-0.3, -0.25) is 0 Å². The number of hydrogen-bond donors (Lipinski definition) is 0. The van der Waals surface area contributed by atoms with Gasteiger partial charge in [0, 0.05) is 10.9 Å². The SMILES string of the molecule is Cc1ccc(-c2cc(C)c3oc4ccccc4c3n2)cc1. The molecule has 2 nitrogen and oxygen atoms in total. The fourth-order valence-electron chi connectivity index (χ4n) is 2.71. The van der Waals surface area contributed by atoms with Crippen LogP contribution in [-0.4, -0.2) is 4.98 Å². The molecule has 0 amide bonds. The van der Waals surface area contributed by atoms with Crippen LogP contribution >= 0.6 is 0 Å². The summed E-state index contributed by atoms with van der Waals surface area (Å²) in [5.74, 6) is 0. The average molecular weight is 273 g/mol. The van der Waals surface area contributed by atoms with Gasteiger partial charge in [0.2, 0.25) is 0 Å². The van der Waals surface area contributed by atoms with Crippen molar-refractivity contribution in [3.05, 3.63) is 65.7 Å². The van der Waals surface area contributed by atoms with Crippen LogP contribution in [0, 0.1) is 13.8 Å². The Labute approximate surface area is 123 Å². The summed E-state index contributed by atoms with van der Waals surface area (Å²) in [6.07, 6.45) is 0. The second-order valence-electron chi connectivity index (χ2n) is 5.47. The van der Waals surface area contributed by atoms with Crippen LogP contribution in [0.2, 0.25) is 0 Å². The largest absolute Gasteiger partial charge is 0.454 e. The summed E-state index contributed by atoms with van der Waals surface area (Å²) in [6.45, 7) is 4.17. The standard InChI is InChI=1S/C19H15NO/c1-12-7-9-14(10-8-12)16-11-13(2)19-18(20-16)15-5-3-4-6-17(15)21-19/h3-11H,1-2H3. The van der Waals surface area contributed by atoms with Crippen molar-refractivity contribution in [2.45, 2.75) is 13.8 Å². The third-order valence-corrected chi connectivity index (χ3v) is 3.86. The summed E-state index contributed by atoms with van der Waals surface area (Å²) < 4.78 is 5.93. The van der Waals surface area contributed by atoms with Crippen LogP contribution in [0.15, 0.2) is 59.0 Å². The van der Waals surface area contributed by atoms with Gasteiger partial charge in [0.05, 0.1) is 5.69 Å². The monoisotopic (exact) mass is 273 g/mol. The quantitative estimate of drug-likeness (QED) is 0.472. The minimum atomic E-state index is 0.882. The molecule has 0 saturated carbocycles. The van der Waals surface area contributed by atoms with Crippen molar-refractivity contribution in [3.8, 4) is 11.3 Å². The number of aromatic nitrogens is 1. The fourth-order valence-corrected chi connectivity index (χ4v) is 2.71. The van der Waals surface area contributed by atoms with Crippen molar-refractivity contribution in [1.82, 2.24) is 4.98 Å². The van der Waals surface area contributed by atoms with Crippen molar-refractivity contribution in [2.24, 2.45) is 0 Å². The molecule has 0 aliphatic rings. The van der Waals surface area contributed by atoms with E-state index in [9.17, 15) is 0 Å². The van der Waals surface area contributed by atoms with E-state index in [1.807, 2.05) is 18.2 Å². The zero-order valence-electron chi connectivity index (χ0n) is 12.1. The van der Waals surface area contributed by atoms with Gasteiger partial charge in [-0.2, -0.15) is 0 Å². The van der Waals surface area contributed by atoms with Gasteiger partial charge in [0.1, 0.15) is 11.1 Å². The Morgan fingerprint density at radius 3 is 2.48 bits per heavy atom. The molecule has 0 saturated heterocycles. The summed E-state index contributed by atoms with van der Waals surface area (Å²) in [5.41, 5.74) is 7.22. The fraction of sp³-hybridized carbons (Fsp3) is 0.105. The summed E-state index contributed by atoms with van der Waals surface area (Å²) in [6, 6.07) is 18.6. The summed E-state index contributed by atoms with van der Waals surface area (Å²) in [7, 11) is 0. The van der Waals surface area contributed by atoms with Crippen molar-refractivity contribution in [2.75, 3.05) is 0 Å². The lowest BCUT2D eigenvalue weighted by atomic mass is 10.1. The van der Waals surface area contributed by atoms with E-state index in [4.69, 9.17) is 9.40 Å². The third kappa shape index (κ3) is 1.91. The van der Waals surface area contributed by atoms with Crippen molar-refractivity contribution in [3.63, 3.8) is 0 Å². The van der Waals surface area contributed by atoms with Crippen LogP contribution < -0.4 is 0 Å². The summed E-state index contributed by atoms with van der Waals surface area (Å²) >= 11 is 0. The maximum absolute atomic E-state index is 5.93. The number of para-hydroxylation sites is 1. The molecular formula is C19H15NO. The van der Waals surface area contributed by atoms with Crippen LogP contribution in [0.3, 0.4) is 0 Å². The summed E-state index contributed by atoms with van der Waals surface area (Å²) in [4.78, 5) is 4.83. The topological polar surface area (TPSA) is 26.0 Å². The highest BCUT2D eigenvalue weighted by Crippen LogP contribution is 2.32. The molecular weight excluding hydrogens is 258 g/mol. The number of hydrogen-bond acceptors (Lipinski definition) is 2. The molecule has 0 radical (unpaired) electrons. The van der Waals surface area contributed by atoms with Gasteiger partial charge in [-0.05, 0) is 37.6 Å². The Bertz CT molecular complexity index is 949. The molecule has 2 aromatic carbocycles. The number of nitrogens with zero attached hydrogens (tertiary/aromatic N) is 1. The number of fused-ring (bicyclic) bond motifs is 3. The molecule has 0 aliphatic heterocycles. The second kappa shape index (κ2) is 4.45. The van der Waals surface area contributed by atoms with Crippen LogP contribution in [0.1, 0.15) is 11.1 Å². The van der Waals surface area contributed by atoms with Gasteiger partial charge in [-0.25, -0.2) is 4.98 Å². The lowest BCUT2D eigenvalue weighted by Crippen LogP contribution is -1.87. The number of rotatable bonds is 1. The van der Waals surface area contributed by atoms with Crippen LogP contribution in [0.5, 0.6) is 0 Å². The molecule has 4 rings (SSSR count). The zero-order valence-corrected chi connectivity index (χ0v) is 12.1. The number of pyridine rings is 1. The van der Waals surface area contributed by atoms with Gasteiger partial charge < -0.3 is 4.42 Å². The van der Waals surface area contributed by atoms with Gasteiger partial charge in [0.25, 0.3) is 0 Å². The highest BCUT2D eigenvalue weighted by molar-refractivity contribution is 6.04. The van der Waals surface area contributed by atoms with Crippen molar-refractivity contribution >= 4 is 22.1 Å². The first kappa shape index (κ1) is 12.2. The Morgan fingerprint density at radius 1 is 0.905 bits per heavy atom. The Hall–Kier alpha value is -2.61. The Balaban J connectivity index is 2.03. The van der Waals surface area contributed by atoms with E-state index >= 15 is 0 Å². The molecule has 0 unspecified atom stereocenters. The van der Waals surface area contributed by atoms with Crippen LogP contribution in [0.25, 0.3) is 33.3 Å². The van der Waals surface area contributed by atoms with E-state index in [-0.39, 0.29) is 0 Å². The van der Waals surface area contributed by atoms with Gasteiger partial charge in [-0.15, -0.1) is 0 Å². The van der Waals surface area contributed by atoms with Gasteiger partial charge in [0.15, 0.2) is 5.58 Å². The lowest BCUT2D eigenvalue weighted by Gasteiger charge is -2.04. The maximum atomic E-state index is 5.93. The lowest BCUT2D eigenvalue weighted by molar-refractivity contribution is 0.665. The number of benzene rings is 2. The molecule has 0 bridgehead atoms. The predicted molar refractivity (Wildman–Crippen MR) is 86.4 cm³/mol. The van der Waals surface area contributed by atoms with E-state index in [0.717, 1.165) is 38.9 Å². The molecule has 2 heteroatoms. The average Bonchev–Trinajstić information content (AvgIpc) is 2.87. The minimum Gasteiger partial charge on any atom is -0.454 e. The molecule has 0 N–H and O–H groups in total. The first-order valence-corrected chi connectivity index (χ1v) is 7.08. The minimum absolute atomic E-state index is 0.882. The normalized spacial score (nSPS) is 11.3. The van der Waals surface area contributed by atoms with Crippen LogP contribution in [0.4, 0.5) is 0 Å². The molecule has 0 atom stereocenters. The first-order chi connectivity index (χ1) is 10.2. The van der Waals surface area contributed by atoms with E-state index in [1.54, 1.807) is 0 Å². The highest BCUT2D eigenvalue weighted by atomic mass is 16.3. The second-order valence-corrected chi connectivity index (χ2v) is 5.47. The molecule has 0 spiro atoms. The third-order valence-electron chi connectivity index (χ3n) is 3.86. The molecule has 2 aromatic heterocycles. The first-order valence-electron chi connectivity index (χ1n) is 7.08.